The summed E-state index contributed by atoms with van der Waals surface area (Å²) < 4.78 is 3.19. The molecule has 1 unspecified atom stereocenters. The molecule has 0 aliphatic rings. The van der Waals surface area contributed by atoms with Gasteiger partial charge in [-0.1, -0.05) is 41.1 Å². The first-order valence-electron chi connectivity index (χ1n) is 7.61. The van der Waals surface area contributed by atoms with Gasteiger partial charge in [0.25, 0.3) is 0 Å². The highest BCUT2D eigenvalue weighted by molar-refractivity contribution is 9.10. The number of hydrogen-bond acceptors (Lipinski definition) is 2. The molecule has 0 spiro atoms. The van der Waals surface area contributed by atoms with Crippen molar-refractivity contribution in [3.05, 3.63) is 52.3 Å². The summed E-state index contributed by atoms with van der Waals surface area (Å²) in [5, 5.41) is 7.74. The lowest BCUT2D eigenvalue weighted by atomic mass is 9.94. The minimum Gasteiger partial charge on any atom is -0.317 e. The van der Waals surface area contributed by atoms with Crippen LogP contribution in [0.3, 0.4) is 0 Å². The summed E-state index contributed by atoms with van der Waals surface area (Å²) in [5.74, 6) is 0.638. The van der Waals surface area contributed by atoms with Gasteiger partial charge in [0.2, 0.25) is 0 Å². The lowest BCUT2D eigenvalue weighted by Gasteiger charge is -2.18. The molecule has 21 heavy (non-hydrogen) atoms. The van der Waals surface area contributed by atoms with Gasteiger partial charge in [-0.2, -0.15) is 5.10 Å². The summed E-state index contributed by atoms with van der Waals surface area (Å²) in [6.45, 7) is 4.25. The van der Waals surface area contributed by atoms with Crippen LogP contribution in [0.15, 0.2) is 41.0 Å². The number of nitrogens with one attached hydrogen (secondary N) is 1. The van der Waals surface area contributed by atoms with E-state index in [0.29, 0.717) is 5.92 Å². The zero-order valence-corrected chi connectivity index (χ0v) is 14.4. The molecule has 3 nitrogen and oxygen atoms in total. The summed E-state index contributed by atoms with van der Waals surface area (Å²) in [4.78, 5) is 0. The van der Waals surface area contributed by atoms with E-state index in [0.717, 1.165) is 25.9 Å². The topological polar surface area (TPSA) is 29.9 Å². The maximum absolute atomic E-state index is 4.25. The summed E-state index contributed by atoms with van der Waals surface area (Å²) >= 11 is 3.66. The molecule has 1 N–H and O–H groups in total. The van der Waals surface area contributed by atoms with Crippen molar-refractivity contribution in [3.63, 3.8) is 0 Å². The Hall–Kier alpha value is -1.13. The third-order valence-corrected chi connectivity index (χ3v) is 4.65. The van der Waals surface area contributed by atoms with E-state index < -0.39 is 0 Å². The van der Waals surface area contributed by atoms with Crippen LogP contribution in [0, 0.1) is 5.92 Å². The monoisotopic (exact) mass is 349 g/mol. The molecule has 4 heteroatoms. The molecular formula is C17H24BrN3. The number of benzene rings is 1. The average Bonchev–Trinajstić information content (AvgIpc) is 2.89. The number of aromatic nitrogens is 2. The van der Waals surface area contributed by atoms with Crippen LogP contribution in [0.25, 0.3) is 0 Å². The number of halogens is 1. The third kappa shape index (κ3) is 4.97. The second-order valence-corrected chi connectivity index (χ2v) is 6.31. The quantitative estimate of drug-likeness (QED) is 0.789. The molecule has 0 saturated heterocycles. The van der Waals surface area contributed by atoms with Crippen molar-refractivity contribution < 1.29 is 0 Å². The van der Waals surface area contributed by atoms with Crippen LogP contribution in [0.2, 0.25) is 0 Å². The minimum atomic E-state index is 0.638. The molecule has 0 amide bonds. The van der Waals surface area contributed by atoms with E-state index in [2.05, 4.69) is 63.6 Å². The van der Waals surface area contributed by atoms with Crippen LogP contribution in [0.4, 0.5) is 0 Å². The standard InChI is InChI=1S/C17H24BrN3/c1-3-19-13-14(8-9-16-10-11-20-21(16)2)12-15-6-4-5-7-17(15)18/h4-7,10-11,14,19H,3,8-9,12-13H2,1-2H3. The molecule has 0 fully saturated rings. The lowest BCUT2D eigenvalue weighted by Crippen LogP contribution is -2.25. The molecular weight excluding hydrogens is 326 g/mol. The van der Waals surface area contributed by atoms with Crippen molar-refractivity contribution in [3.8, 4) is 0 Å². The average molecular weight is 350 g/mol. The van der Waals surface area contributed by atoms with Crippen LogP contribution in [0.1, 0.15) is 24.6 Å². The van der Waals surface area contributed by atoms with Crippen LogP contribution >= 0.6 is 15.9 Å². The van der Waals surface area contributed by atoms with E-state index in [4.69, 9.17) is 0 Å². The second kappa shape index (κ2) is 8.35. The molecule has 1 aromatic heterocycles. The molecule has 0 radical (unpaired) electrons. The van der Waals surface area contributed by atoms with Crippen LogP contribution in [-0.2, 0) is 19.9 Å². The normalized spacial score (nSPS) is 12.5. The van der Waals surface area contributed by atoms with Gasteiger partial charge in [0.15, 0.2) is 0 Å². The number of aryl methyl sites for hydroxylation is 2. The van der Waals surface area contributed by atoms with E-state index in [1.807, 2.05) is 17.9 Å². The van der Waals surface area contributed by atoms with Crippen molar-refractivity contribution in [1.82, 2.24) is 15.1 Å². The fraction of sp³-hybridized carbons (Fsp3) is 0.471. The van der Waals surface area contributed by atoms with Gasteiger partial charge < -0.3 is 5.32 Å². The first-order valence-corrected chi connectivity index (χ1v) is 8.41. The van der Waals surface area contributed by atoms with Crippen molar-refractivity contribution in [2.24, 2.45) is 13.0 Å². The van der Waals surface area contributed by atoms with Gasteiger partial charge in [0, 0.05) is 23.4 Å². The molecule has 114 valence electrons. The predicted molar refractivity (Wildman–Crippen MR) is 91.4 cm³/mol. The van der Waals surface area contributed by atoms with Crippen LogP contribution in [-0.4, -0.2) is 22.9 Å². The molecule has 1 heterocycles. The summed E-state index contributed by atoms with van der Waals surface area (Å²) in [6.07, 6.45) is 5.24. The molecule has 0 saturated carbocycles. The van der Waals surface area contributed by atoms with Gasteiger partial charge >= 0.3 is 0 Å². The fourth-order valence-corrected chi connectivity index (χ4v) is 3.04. The second-order valence-electron chi connectivity index (χ2n) is 5.45. The Bertz CT molecular complexity index is 550. The van der Waals surface area contributed by atoms with Crippen LogP contribution < -0.4 is 5.32 Å². The molecule has 2 aromatic rings. The number of nitrogens with zero attached hydrogens (tertiary/aromatic N) is 2. The molecule has 1 aromatic carbocycles. The van der Waals surface area contributed by atoms with Crippen molar-refractivity contribution in [2.75, 3.05) is 13.1 Å². The first kappa shape index (κ1) is 16.2. The van der Waals surface area contributed by atoms with Gasteiger partial charge in [-0.05, 0) is 56.0 Å². The maximum Gasteiger partial charge on any atom is 0.0492 e. The van der Waals surface area contributed by atoms with Gasteiger partial charge in [-0.25, -0.2) is 0 Å². The summed E-state index contributed by atoms with van der Waals surface area (Å²) in [7, 11) is 2.02. The summed E-state index contributed by atoms with van der Waals surface area (Å²) in [6, 6.07) is 10.6. The lowest BCUT2D eigenvalue weighted by molar-refractivity contribution is 0.443. The van der Waals surface area contributed by atoms with E-state index >= 15 is 0 Å². The van der Waals surface area contributed by atoms with Gasteiger partial charge in [-0.3, -0.25) is 4.68 Å². The number of rotatable bonds is 8. The highest BCUT2D eigenvalue weighted by atomic mass is 79.9. The fourth-order valence-electron chi connectivity index (χ4n) is 2.60. The Morgan fingerprint density at radius 3 is 2.76 bits per heavy atom. The van der Waals surface area contributed by atoms with E-state index in [-0.39, 0.29) is 0 Å². The Kier molecular flexibility index (Phi) is 6.46. The third-order valence-electron chi connectivity index (χ3n) is 3.88. The Balaban J connectivity index is 1.97. The largest absolute Gasteiger partial charge is 0.317 e. The van der Waals surface area contributed by atoms with Gasteiger partial charge in [0.1, 0.15) is 0 Å². The predicted octanol–water partition coefficient (Wildman–Crippen LogP) is 3.58. The zero-order valence-electron chi connectivity index (χ0n) is 12.8. The highest BCUT2D eigenvalue weighted by Crippen LogP contribution is 2.21. The smallest absolute Gasteiger partial charge is 0.0492 e. The maximum atomic E-state index is 4.25. The zero-order chi connectivity index (χ0) is 15.1. The van der Waals surface area contributed by atoms with E-state index in [1.54, 1.807) is 0 Å². The van der Waals surface area contributed by atoms with Crippen LogP contribution in [0.5, 0.6) is 0 Å². The summed E-state index contributed by atoms with van der Waals surface area (Å²) in [5.41, 5.74) is 2.70. The van der Waals surface area contributed by atoms with Crippen molar-refractivity contribution >= 4 is 15.9 Å². The van der Waals surface area contributed by atoms with Gasteiger partial charge in [-0.15, -0.1) is 0 Å². The van der Waals surface area contributed by atoms with Gasteiger partial charge in [0.05, 0.1) is 0 Å². The minimum absolute atomic E-state index is 0.638. The van der Waals surface area contributed by atoms with E-state index in [9.17, 15) is 0 Å². The highest BCUT2D eigenvalue weighted by Gasteiger charge is 2.12. The number of hydrogen-bond donors (Lipinski definition) is 1. The van der Waals surface area contributed by atoms with Crippen molar-refractivity contribution in [1.29, 1.82) is 0 Å². The molecule has 1 atom stereocenters. The Morgan fingerprint density at radius 2 is 2.10 bits per heavy atom. The van der Waals surface area contributed by atoms with Crippen molar-refractivity contribution in [2.45, 2.75) is 26.2 Å². The SMILES string of the molecule is CCNCC(CCc1ccnn1C)Cc1ccccc1Br. The molecule has 2 rings (SSSR count). The molecule has 0 aliphatic heterocycles. The molecule has 0 bridgehead atoms. The Morgan fingerprint density at radius 1 is 1.29 bits per heavy atom. The first-order chi connectivity index (χ1) is 10.2. The molecule has 0 aliphatic carbocycles. The van der Waals surface area contributed by atoms with E-state index in [1.165, 1.54) is 22.2 Å². The Labute approximate surface area is 135 Å².